The van der Waals surface area contributed by atoms with Crippen LogP contribution in [0.15, 0.2) is 48.5 Å². The molecule has 1 saturated carbocycles. The van der Waals surface area contributed by atoms with Gasteiger partial charge in [0.25, 0.3) is 0 Å². The minimum atomic E-state index is -0.277. The molecular formula is C23H24N2O4. The Morgan fingerprint density at radius 2 is 1.31 bits per heavy atom. The second-order valence-electron chi connectivity index (χ2n) is 7.21. The Morgan fingerprint density at radius 1 is 0.897 bits per heavy atom. The van der Waals surface area contributed by atoms with Gasteiger partial charge in [-0.1, -0.05) is 5.92 Å². The van der Waals surface area contributed by atoms with E-state index in [-0.39, 0.29) is 23.8 Å². The Morgan fingerprint density at radius 3 is 1.69 bits per heavy atom. The van der Waals surface area contributed by atoms with E-state index >= 15 is 0 Å². The molecule has 0 saturated heterocycles. The van der Waals surface area contributed by atoms with Gasteiger partial charge in [-0.05, 0) is 62.1 Å². The summed E-state index contributed by atoms with van der Waals surface area (Å²) in [7, 11) is 1.71. The minimum Gasteiger partial charge on any atom is -0.464 e. The summed E-state index contributed by atoms with van der Waals surface area (Å²) in [4.78, 5) is 24.8. The lowest BCUT2D eigenvalue weighted by molar-refractivity contribution is -0.751. The zero-order valence-electron chi connectivity index (χ0n) is 16.3. The number of esters is 2. The van der Waals surface area contributed by atoms with Crippen LogP contribution in [-0.2, 0) is 9.59 Å². The number of nitrogens with one attached hydrogen (secondary N) is 2. The van der Waals surface area contributed by atoms with Crippen LogP contribution < -0.4 is 14.5 Å². The number of carbonyl (C=O) groups excluding carboxylic acids is 2. The third-order valence-corrected chi connectivity index (χ3v) is 5.14. The first-order valence-corrected chi connectivity index (χ1v) is 9.62. The van der Waals surface area contributed by atoms with Crippen LogP contribution in [-0.4, -0.2) is 19.0 Å². The number of terminal acetylenes is 1. The molecule has 0 aliphatic heterocycles. The van der Waals surface area contributed by atoms with Crippen LogP contribution in [0.5, 0.6) is 11.5 Å². The summed E-state index contributed by atoms with van der Waals surface area (Å²) in [5, 5.41) is 0.458. The average Bonchev–Trinajstić information content (AvgIpc) is 2.74. The van der Waals surface area contributed by atoms with Crippen LogP contribution in [0.3, 0.4) is 0 Å². The molecule has 1 atom stereocenters. The molecule has 1 unspecified atom stereocenters. The highest BCUT2D eigenvalue weighted by Crippen LogP contribution is 2.31. The predicted octanol–water partition coefficient (Wildman–Crippen LogP) is 3.10. The van der Waals surface area contributed by atoms with Crippen molar-refractivity contribution in [3.05, 3.63) is 59.9 Å². The second kappa shape index (κ2) is 9.37. The van der Waals surface area contributed by atoms with E-state index in [0.29, 0.717) is 42.2 Å². The lowest BCUT2D eigenvalue weighted by Crippen LogP contribution is -2.96. The van der Waals surface area contributed by atoms with E-state index in [1.807, 2.05) is 0 Å². The van der Waals surface area contributed by atoms with Crippen LogP contribution >= 0.6 is 0 Å². The smallest absolute Gasteiger partial charge is 0.314 e. The zero-order valence-corrected chi connectivity index (χ0v) is 16.3. The number of quaternary nitrogens is 1. The first-order chi connectivity index (χ1) is 14.0. The minimum absolute atomic E-state index is 0.221. The summed E-state index contributed by atoms with van der Waals surface area (Å²) >= 11 is 0. The molecule has 29 heavy (non-hydrogen) atoms. The van der Waals surface area contributed by atoms with Gasteiger partial charge in [0, 0.05) is 17.7 Å². The Balaban J connectivity index is 1.48. The van der Waals surface area contributed by atoms with Gasteiger partial charge < -0.3 is 20.3 Å². The predicted molar refractivity (Wildman–Crippen MR) is 108 cm³/mol. The molecule has 6 nitrogen and oxygen atoms in total. The maximum absolute atomic E-state index is 12.4. The quantitative estimate of drug-likeness (QED) is 0.367. The molecule has 0 heterocycles. The Labute approximate surface area is 170 Å². The van der Waals surface area contributed by atoms with Crippen molar-refractivity contribution in [1.29, 1.82) is 0 Å². The number of hydrogen-bond donors (Lipinski definition) is 1. The van der Waals surface area contributed by atoms with Crippen LogP contribution in [0.25, 0.3) is 5.84 Å². The summed E-state index contributed by atoms with van der Waals surface area (Å²) < 4.78 is 10.9. The summed E-state index contributed by atoms with van der Waals surface area (Å²) in [5.74, 6) is 10.1. The zero-order chi connectivity index (χ0) is 20.8. The van der Waals surface area contributed by atoms with Crippen molar-refractivity contribution in [1.82, 2.24) is 0 Å². The van der Waals surface area contributed by atoms with E-state index in [1.54, 1.807) is 55.6 Å². The molecule has 6 heteroatoms. The highest BCUT2D eigenvalue weighted by atomic mass is 16.5. The van der Waals surface area contributed by atoms with Crippen molar-refractivity contribution < 1.29 is 24.1 Å². The Kier molecular flexibility index (Phi) is 6.65. The van der Waals surface area contributed by atoms with Crippen molar-refractivity contribution >= 4 is 17.6 Å². The molecule has 0 spiro atoms. The highest BCUT2D eigenvalue weighted by molar-refractivity contribution is 5.77. The molecule has 150 valence electrons. The fourth-order valence-corrected chi connectivity index (χ4v) is 3.36. The van der Waals surface area contributed by atoms with E-state index in [0.717, 1.165) is 11.3 Å². The first-order valence-electron chi connectivity index (χ1n) is 9.62. The van der Waals surface area contributed by atoms with Crippen LogP contribution in [0, 0.1) is 24.2 Å². The van der Waals surface area contributed by atoms with Crippen LogP contribution in [0.1, 0.15) is 31.2 Å². The summed E-state index contributed by atoms with van der Waals surface area (Å²) in [6.45, 7) is 0. The first kappa shape index (κ1) is 20.6. The maximum Gasteiger partial charge on any atom is 0.314 e. The van der Waals surface area contributed by atoms with Gasteiger partial charge in [-0.25, -0.2) is 0 Å². The number of ether oxygens (including phenoxy) is 2. The second-order valence-corrected chi connectivity index (χ2v) is 7.21. The molecule has 0 radical (unpaired) electrons. The van der Waals surface area contributed by atoms with Crippen LogP contribution in [0.4, 0.5) is 5.69 Å². The molecule has 1 aliphatic carbocycles. The molecule has 2 N–H and O–H groups in total. The average molecular weight is 392 g/mol. The normalized spacial score (nSPS) is 19.6. The molecular weight excluding hydrogens is 368 g/mol. The number of hydrogen-bond acceptors (Lipinski definition) is 4. The monoisotopic (exact) mass is 392 g/mol. The summed E-state index contributed by atoms with van der Waals surface area (Å²) in [6.07, 6.45) is 7.68. The van der Waals surface area contributed by atoms with Gasteiger partial charge in [0.15, 0.2) is 0 Å². The number of carbonyl (C=O) groups is 2. The van der Waals surface area contributed by atoms with E-state index in [4.69, 9.17) is 21.7 Å². The molecule has 2 aromatic rings. The van der Waals surface area contributed by atoms with Gasteiger partial charge in [0.05, 0.1) is 18.9 Å². The SMILES string of the molecule is C#Cc1ccc(OC(=O)C2CCC(C(=O)Oc3ccc([NH+](C)[NH-])cc3)CC2)cc1. The van der Waals surface area contributed by atoms with Gasteiger partial charge in [0.2, 0.25) is 0 Å². The van der Waals surface area contributed by atoms with Crippen molar-refractivity contribution in [2.45, 2.75) is 25.7 Å². The number of rotatable bonds is 5. The topological polar surface area (TPSA) is 80.8 Å². The largest absolute Gasteiger partial charge is 0.464 e. The molecule has 0 amide bonds. The lowest BCUT2D eigenvalue weighted by atomic mass is 9.82. The van der Waals surface area contributed by atoms with Gasteiger partial charge in [-0.2, -0.15) is 0 Å². The van der Waals surface area contributed by atoms with E-state index in [2.05, 4.69) is 5.92 Å². The molecule has 1 fully saturated rings. The third kappa shape index (κ3) is 5.44. The van der Waals surface area contributed by atoms with Gasteiger partial charge in [-0.15, -0.1) is 6.42 Å². The van der Waals surface area contributed by atoms with Crippen molar-refractivity contribution in [2.24, 2.45) is 11.8 Å². The maximum atomic E-state index is 12.4. The van der Waals surface area contributed by atoms with E-state index in [9.17, 15) is 9.59 Å². The van der Waals surface area contributed by atoms with E-state index < -0.39 is 0 Å². The van der Waals surface area contributed by atoms with Crippen molar-refractivity contribution in [3.8, 4) is 23.8 Å². The standard InChI is InChI=1S/C23H24N2O4/c1-3-16-4-12-20(13-5-16)28-22(26)17-6-8-18(9-7-17)23(27)29-21-14-10-19(11-15-21)25(2)24/h1,4-5,10-15,17-18,24-25H,6-9H2,2H3. The molecule has 0 aromatic heterocycles. The molecule has 1 aliphatic rings. The lowest BCUT2D eigenvalue weighted by Gasteiger charge is -2.25. The Hall–Kier alpha value is -3.14. The fourth-order valence-electron chi connectivity index (χ4n) is 3.36. The van der Waals surface area contributed by atoms with Gasteiger partial charge in [-0.3, -0.25) is 9.59 Å². The molecule has 2 aromatic carbocycles. The van der Waals surface area contributed by atoms with Gasteiger partial charge in [0.1, 0.15) is 17.2 Å². The fraction of sp³-hybridized carbons (Fsp3) is 0.304. The van der Waals surface area contributed by atoms with Gasteiger partial charge >= 0.3 is 11.9 Å². The highest BCUT2D eigenvalue weighted by Gasteiger charge is 2.32. The summed E-state index contributed by atoms with van der Waals surface area (Å²) in [6, 6.07) is 13.7. The van der Waals surface area contributed by atoms with Crippen molar-refractivity contribution in [2.75, 3.05) is 7.05 Å². The number of benzene rings is 2. The van der Waals surface area contributed by atoms with Crippen LogP contribution in [0.2, 0.25) is 0 Å². The van der Waals surface area contributed by atoms with E-state index in [1.165, 1.54) is 0 Å². The third-order valence-electron chi connectivity index (χ3n) is 5.14. The van der Waals surface area contributed by atoms with Crippen molar-refractivity contribution in [3.63, 3.8) is 0 Å². The Bertz CT molecular complexity index is 890. The molecule has 3 rings (SSSR count). The summed E-state index contributed by atoms with van der Waals surface area (Å²) in [5.41, 5.74) is 1.52. The molecule has 0 bridgehead atoms.